The first-order valence-corrected chi connectivity index (χ1v) is 10.3. The Hall–Kier alpha value is -4.05. The third kappa shape index (κ3) is 5.42. The maximum absolute atomic E-state index is 12.0. The van der Waals surface area contributed by atoms with Crippen LogP contribution in [0.4, 0.5) is 5.69 Å². The Morgan fingerprint density at radius 2 is 1.82 bits per heavy atom. The molecular formula is C23H25N5O5. The monoisotopic (exact) mass is 451 g/mol. The highest BCUT2D eigenvalue weighted by molar-refractivity contribution is 5.73. The number of aromatic nitrogens is 4. The molecule has 0 spiro atoms. The van der Waals surface area contributed by atoms with E-state index in [-0.39, 0.29) is 19.9 Å². The van der Waals surface area contributed by atoms with Gasteiger partial charge in [-0.25, -0.2) is 0 Å². The standard InChI is InChI=1S/C23H25N5O5/c1-15-10-21-25-23(27-28(21)26-15)17-5-7-18(8-6-17)24-13-32-14-33-22(29)12-16-4-9-19(30-2)20(11-16)31-3/h4-11,24H,12-14H2,1-3H3,(H,25,27). The minimum atomic E-state index is -0.397. The van der Waals surface area contributed by atoms with Crippen molar-refractivity contribution < 1.29 is 23.7 Å². The second-order valence-corrected chi connectivity index (χ2v) is 7.24. The van der Waals surface area contributed by atoms with Crippen molar-refractivity contribution in [2.24, 2.45) is 0 Å². The molecule has 2 aromatic heterocycles. The number of aryl methyl sites for hydroxylation is 1. The number of hydrogen-bond donors (Lipinski definition) is 2. The molecule has 4 aromatic rings. The van der Waals surface area contributed by atoms with Crippen molar-refractivity contribution in [1.82, 2.24) is 19.8 Å². The molecule has 2 heterocycles. The van der Waals surface area contributed by atoms with E-state index in [4.69, 9.17) is 18.9 Å². The Kier molecular flexibility index (Phi) is 6.75. The second-order valence-electron chi connectivity index (χ2n) is 7.24. The zero-order valence-electron chi connectivity index (χ0n) is 18.6. The van der Waals surface area contributed by atoms with Gasteiger partial charge in [-0.2, -0.15) is 5.10 Å². The lowest BCUT2D eigenvalue weighted by molar-refractivity contribution is -0.154. The number of benzene rings is 2. The van der Waals surface area contributed by atoms with Crippen molar-refractivity contribution in [1.29, 1.82) is 0 Å². The summed E-state index contributed by atoms with van der Waals surface area (Å²) in [6.45, 7) is 1.96. The quantitative estimate of drug-likeness (QED) is 0.215. The fourth-order valence-corrected chi connectivity index (χ4v) is 3.26. The van der Waals surface area contributed by atoms with Crippen molar-refractivity contribution in [2.45, 2.75) is 13.3 Å². The third-order valence-electron chi connectivity index (χ3n) is 4.89. The summed E-state index contributed by atoms with van der Waals surface area (Å²) in [4.78, 5) is 15.3. The van der Waals surface area contributed by atoms with Crippen LogP contribution in [-0.4, -0.2) is 53.5 Å². The van der Waals surface area contributed by atoms with Crippen LogP contribution >= 0.6 is 0 Å². The number of H-pyrrole nitrogens is 1. The number of nitrogens with one attached hydrogen (secondary N) is 2. The lowest BCUT2D eigenvalue weighted by Gasteiger charge is -2.10. The van der Waals surface area contributed by atoms with Gasteiger partial charge in [-0.1, -0.05) is 6.07 Å². The number of fused-ring (bicyclic) bond motifs is 1. The van der Waals surface area contributed by atoms with Gasteiger partial charge >= 0.3 is 5.97 Å². The Balaban J connectivity index is 1.19. The zero-order valence-corrected chi connectivity index (χ0v) is 18.6. The largest absolute Gasteiger partial charge is 0.493 e. The molecule has 10 nitrogen and oxygen atoms in total. The Morgan fingerprint density at radius 3 is 2.55 bits per heavy atom. The normalized spacial score (nSPS) is 10.9. The molecule has 2 N–H and O–H groups in total. The highest BCUT2D eigenvalue weighted by Crippen LogP contribution is 2.27. The molecule has 10 heteroatoms. The molecule has 0 unspecified atom stereocenters. The molecule has 33 heavy (non-hydrogen) atoms. The molecule has 0 saturated heterocycles. The number of carbonyl (C=O) groups is 1. The predicted octanol–water partition coefficient (Wildman–Crippen LogP) is 3.18. The average Bonchev–Trinajstić information content (AvgIpc) is 3.36. The fraction of sp³-hybridized carbons (Fsp3) is 0.261. The summed E-state index contributed by atoms with van der Waals surface area (Å²) in [5.74, 6) is 1.51. The summed E-state index contributed by atoms with van der Waals surface area (Å²) in [5.41, 5.74) is 4.32. The molecule has 0 fully saturated rings. The van der Waals surface area contributed by atoms with Gasteiger partial charge < -0.3 is 29.2 Å². The highest BCUT2D eigenvalue weighted by atomic mass is 16.7. The molecule has 0 amide bonds. The van der Waals surface area contributed by atoms with Crippen molar-refractivity contribution in [2.75, 3.05) is 33.1 Å². The van der Waals surface area contributed by atoms with E-state index in [9.17, 15) is 4.79 Å². The van der Waals surface area contributed by atoms with Gasteiger partial charge in [0.05, 0.1) is 26.3 Å². The molecule has 2 aromatic carbocycles. The Morgan fingerprint density at radius 1 is 1.03 bits per heavy atom. The molecule has 0 atom stereocenters. The first kappa shape index (κ1) is 22.2. The molecule has 0 aliphatic carbocycles. The van der Waals surface area contributed by atoms with Crippen LogP contribution < -0.4 is 14.8 Å². The van der Waals surface area contributed by atoms with E-state index in [2.05, 4.69) is 20.5 Å². The van der Waals surface area contributed by atoms with E-state index < -0.39 is 5.97 Å². The first-order chi connectivity index (χ1) is 16.1. The van der Waals surface area contributed by atoms with Crippen molar-refractivity contribution >= 4 is 17.3 Å². The number of rotatable bonds is 10. The smallest absolute Gasteiger partial charge is 0.312 e. The number of hydrogen-bond acceptors (Lipinski definition) is 8. The van der Waals surface area contributed by atoms with E-state index in [1.165, 1.54) is 0 Å². The molecular weight excluding hydrogens is 426 g/mol. The van der Waals surface area contributed by atoms with Crippen LogP contribution in [0.15, 0.2) is 48.5 Å². The molecule has 0 aliphatic rings. The zero-order chi connectivity index (χ0) is 23.2. The first-order valence-electron chi connectivity index (χ1n) is 10.3. The van der Waals surface area contributed by atoms with Gasteiger partial charge in [0, 0.05) is 17.3 Å². The molecule has 0 saturated carbocycles. The van der Waals surface area contributed by atoms with E-state index in [1.54, 1.807) is 37.0 Å². The molecule has 172 valence electrons. The number of anilines is 1. The third-order valence-corrected chi connectivity index (χ3v) is 4.89. The van der Waals surface area contributed by atoms with E-state index >= 15 is 0 Å². The van der Waals surface area contributed by atoms with Crippen LogP contribution in [0, 0.1) is 6.92 Å². The van der Waals surface area contributed by atoms with Crippen LogP contribution in [0.25, 0.3) is 17.0 Å². The number of ether oxygens (including phenoxy) is 4. The van der Waals surface area contributed by atoms with Gasteiger partial charge in [0.1, 0.15) is 6.73 Å². The number of methoxy groups -OCH3 is 2. The van der Waals surface area contributed by atoms with Crippen LogP contribution in [0.5, 0.6) is 11.5 Å². The Bertz CT molecular complexity index is 1200. The summed E-state index contributed by atoms with van der Waals surface area (Å²) in [7, 11) is 3.11. The van der Waals surface area contributed by atoms with E-state index in [1.807, 2.05) is 37.3 Å². The fourth-order valence-electron chi connectivity index (χ4n) is 3.26. The summed E-state index contributed by atoms with van der Waals surface area (Å²) < 4.78 is 22.5. The van der Waals surface area contributed by atoms with Crippen LogP contribution in [0.2, 0.25) is 0 Å². The number of esters is 1. The molecule has 0 bridgehead atoms. The van der Waals surface area contributed by atoms with Crippen LogP contribution in [0.3, 0.4) is 0 Å². The summed E-state index contributed by atoms with van der Waals surface area (Å²) in [6.07, 6.45) is 0.107. The van der Waals surface area contributed by atoms with Gasteiger partial charge in [-0.3, -0.25) is 4.79 Å². The number of aromatic amines is 1. The lowest BCUT2D eigenvalue weighted by Crippen LogP contribution is -2.14. The highest BCUT2D eigenvalue weighted by Gasteiger charge is 2.10. The van der Waals surface area contributed by atoms with Gasteiger partial charge in [0.2, 0.25) is 0 Å². The van der Waals surface area contributed by atoms with Gasteiger partial charge in [0.25, 0.3) is 0 Å². The van der Waals surface area contributed by atoms with Crippen LogP contribution in [-0.2, 0) is 20.7 Å². The van der Waals surface area contributed by atoms with Crippen molar-refractivity contribution in [3.8, 4) is 22.9 Å². The lowest BCUT2D eigenvalue weighted by atomic mass is 10.1. The van der Waals surface area contributed by atoms with Crippen LogP contribution in [0.1, 0.15) is 11.3 Å². The van der Waals surface area contributed by atoms with Crippen molar-refractivity contribution in [3.63, 3.8) is 0 Å². The summed E-state index contributed by atoms with van der Waals surface area (Å²) >= 11 is 0. The topological polar surface area (TPSA) is 112 Å². The summed E-state index contributed by atoms with van der Waals surface area (Å²) in [6, 6.07) is 14.9. The Labute approximate surface area is 190 Å². The second kappa shape index (κ2) is 10.0. The molecule has 0 radical (unpaired) electrons. The molecule has 0 aliphatic heterocycles. The van der Waals surface area contributed by atoms with E-state index in [0.29, 0.717) is 11.5 Å². The summed E-state index contributed by atoms with van der Waals surface area (Å²) in [5, 5.41) is 11.8. The minimum absolute atomic E-state index is 0.107. The predicted molar refractivity (Wildman–Crippen MR) is 121 cm³/mol. The number of carbonyl (C=O) groups excluding carboxylic acids is 1. The minimum Gasteiger partial charge on any atom is -0.493 e. The van der Waals surface area contributed by atoms with Crippen molar-refractivity contribution in [3.05, 3.63) is 59.8 Å². The van der Waals surface area contributed by atoms with E-state index in [0.717, 1.165) is 34.0 Å². The average molecular weight is 451 g/mol. The van der Waals surface area contributed by atoms with Gasteiger partial charge in [-0.15, -0.1) is 9.73 Å². The van der Waals surface area contributed by atoms with Gasteiger partial charge in [0.15, 0.2) is 29.8 Å². The van der Waals surface area contributed by atoms with Gasteiger partial charge in [-0.05, 0) is 48.9 Å². The number of nitrogens with zero attached hydrogens (tertiary/aromatic N) is 3. The maximum atomic E-state index is 12.0. The SMILES string of the molecule is COc1ccc(CC(=O)OCOCNc2ccc(-c3nn4nc(C)cc4[nH]3)cc2)cc1OC. The molecule has 4 rings (SSSR count). The maximum Gasteiger partial charge on any atom is 0.312 e.